The first-order chi connectivity index (χ1) is 7.13. The molecule has 0 aliphatic rings. The monoisotopic (exact) mass is 229 g/mol. The summed E-state index contributed by atoms with van der Waals surface area (Å²) in [6.07, 6.45) is 0. The fraction of sp³-hybridized carbons (Fsp3) is 0.375. The molecule has 0 saturated carbocycles. The second kappa shape index (κ2) is 5.30. The van der Waals surface area contributed by atoms with Crippen LogP contribution in [-0.4, -0.2) is 35.1 Å². The van der Waals surface area contributed by atoms with E-state index in [-0.39, 0.29) is 18.1 Å². The maximum absolute atomic E-state index is 11.0. The number of aromatic carboxylic acids is 1. The number of hydrogen-bond acceptors (Lipinski definition) is 5. The van der Waals surface area contributed by atoms with Gasteiger partial charge in [-0.1, -0.05) is 0 Å². The molecule has 0 aliphatic carbocycles. The van der Waals surface area contributed by atoms with Crippen LogP contribution in [0, 0.1) is 0 Å². The number of hydrogen-bond donors (Lipinski definition) is 3. The van der Waals surface area contributed by atoms with Gasteiger partial charge in [-0.15, -0.1) is 11.3 Å². The van der Waals surface area contributed by atoms with Crippen molar-refractivity contribution in [1.29, 1.82) is 0 Å². The maximum Gasteiger partial charge on any atom is 0.355 e. The molecule has 1 rings (SSSR count). The summed E-state index contributed by atoms with van der Waals surface area (Å²) in [5, 5.41) is 15.8. The molecular formula is C8H11N3O3S. The number of carboxylic acid groups (broad SMARTS) is 1. The number of nitrogens with one attached hydrogen (secondary N) is 2. The minimum atomic E-state index is -1.07. The molecule has 0 spiro atoms. The number of likely N-dealkylation sites (N-methyl/N-ethyl adjacent to an activating group) is 1. The quantitative estimate of drug-likeness (QED) is 0.679. The molecule has 0 aliphatic heterocycles. The van der Waals surface area contributed by atoms with Gasteiger partial charge in [0.25, 0.3) is 0 Å². The van der Waals surface area contributed by atoms with Crippen molar-refractivity contribution < 1.29 is 14.7 Å². The predicted octanol–water partition coefficient (Wildman–Crippen LogP) is 0.389. The third-order valence-electron chi connectivity index (χ3n) is 1.50. The van der Waals surface area contributed by atoms with Gasteiger partial charge in [0.15, 0.2) is 10.8 Å². The highest BCUT2D eigenvalue weighted by molar-refractivity contribution is 7.13. The molecule has 15 heavy (non-hydrogen) atoms. The predicted molar refractivity (Wildman–Crippen MR) is 56.2 cm³/mol. The summed E-state index contributed by atoms with van der Waals surface area (Å²) < 4.78 is 0. The number of aromatic nitrogens is 1. The number of amides is 1. The number of anilines is 1. The molecule has 1 amide bonds. The Hall–Kier alpha value is -1.63. The lowest BCUT2D eigenvalue weighted by molar-refractivity contribution is -0.119. The normalized spacial score (nSPS) is 9.67. The lowest BCUT2D eigenvalue weighted by Gasteiger charge is -2.01. The Morgan fingerprint density at radius 3 is 2.87 bits per heavy atom. The summed E-state index contributed by atoms with van der Waals surface area (Å²) in [7, 11) is 0. The Labute approximate surface area is 90.3 Å². The van der Waals surface area contributed by atoms with Crippen LogP contribution in [0.1, 0.15) is 17.4 Å². The highest BCUT2D eigenvalue weighted by Gasteiger charge is 2.08. The van der Waals surface area contributed by atoms with Gasteiger partial charge in [-0.3, -0.25) is 4.79 Å². The first-order valence-electron chi connectivity index (χ1n) is 4.33. The fourth-order valence-electron chi connectivity index (χ4n) is 0.869. The van der Waals surface area contributed by atoms with Crippen LogP contribution in [0.2, 0.25) is 0 Å². The maximum atomic E-state index is 11.0. The number of nitrogens with zero attached hydrogens (tertiary/aromatic N) is 1. The standard InChI is InChI=1S/C8H11N3O3S/c1-2-9-6(12)3-10-8-11-5(4-15-8)7(13)14/h4H,2-3H2,1H3,(H,9,12)(H,10,11)(H,13,14). The average molecular weight is 229 g/mol. The largest absolute Gasteiger partial charge is 0.476 e. The molecule has 82 valence electrons. The zero-order valence-corrected chi connectivity index (χ0v) is 8.93. The van der Waals surface area contributed by atoms with Gasteiger partial charge in [-0.2, -0.15) is 0 Å². The smallest absolute Gasteiger partial charge is 0.355 e. The lowest BCUT2D eigenvalue weighted by atomic mass is 10.5. The molecule has 6 nitrogen and oxygen atoms in total. The van der Waals surface area contributed by atoms with Crippen LogP contribution in [-0.2, 0) is 4.79 Å². The van der Waals surface area contributed by atoms with Crippen LogP contribution >= 0.6 is 11.3 Å². The summed E-state index contributed by atoms with van der Waals surface area (Å²) in [6.45, 7) is 2.49. The molecule has 0 fully saturated rings. The first-order valence-corrected chi connectivity index (χ1v) is 5.20. The van der Waals surface area contributed by atoms with E-state index in [1.165, 1.54) is 5.38 Å². The van der Waals surface area contributed by atoms with Crippen LogP contribution in [0.25, 0.3) is 0 Å². The minimum Gasteiger partial charge on any atom is -0.476 e. The molecule has 0 radical (unpaired) electrons. The SMILES string of the molecule is CCNC(=O)CNc1nc(C(=O)O)cs1. The van der Waals surface area contributed by atoms with Gasteiger partial charge in [0.1, 0.15) is 0 Å². The Kier molecular flexibility index (Phi) is 4.04. The number of carboxylic acids is 1. The van der Waals surface area contributed by atoms with Crippen molar-refractivity contribution >= 4 is 28.3 Å². The second-order valence-electron chi connectivity index (χ2n) is 2.65. The van der Waals surface area contributed by atoms with E-state index >= 15 is 0 Å². The molecule has 0 bridgehead atoms. The molecular weight excluding hydrogens is 218 g/mol. The van der Waals surface area contributed by atoms with Gasteiger partial charge in [-0.25, -0.2) is 9.78 Å². The number of thiazole rings is 1. The Balaban J connectivity index is 2.44. The molecule has 7 heteroatoms. The Morgan fingerprint density at radius 1 is 1.60 bits per heavy atom. The van der Waals surface area contributed by atoms with Crippen molar-refractivity contribution in [3.8, 4) is 0 Å². The molecule has 0 atom stereocenters. The Bertz CT molecular complexity index is 364. The number of rotatable bonds is 5. The Morgan fingerprint density at radius 2 is 2.33 bits per heavy atom. The van der Waals surface area contributed by atoms with Crippen molar-refractivity contribution in [3.63, 3.8) is 0 Å². The average Bonchev–Trinajstić information content (AvgIpc) is 2.63. The lowest BCUT2D eigenvalue weighted by Crippen LogP contribution is -2.29. The van der Waals surface area contributed by atoms with E-state index in [1.54, 1.807) is 0 Å². The fourth-order valence-corrected chi connectivity index (χ4v) is 1.55. The third kappa shape index (κ3) is 3.55. The van der Waals surface area contributed by atoms with Crippen molar-refractivity contribution in [2.45, 2.75) is 6.92 Å². The van der Waals surface area contributed by atoms with Crippen molar-refractivity contribution in [3.05, 3.63) is 11.1 Å². The molecule has 0 aromatic carbocycles. The molecule has 1 heterocycles. The summed E-state index contributed by atoms with van der Waals surface area (Å²) >= 11 is 1.15. The van der Waals surface area contributed by atoms with Crippen molar-refractivity contribution in [1.82, 2.24) is 10.3 Å². The zero-order chi connectivity index (χ0) is 11.3. The second-order valence-corrected chi connectivity index (χ2v) is 3.51. The van der Waals surface area contributed by atoms with E-state index in [2.05, 4.69) is 15.6 Å². The van der Waals surface area contributed by atoms with Gasteiger partial charge in [0, 0.05) is 11.9 Å². The van der Waals surface area contributed by atoms with Crippen molar-refractivity contribution in [2.75, 3.05) is 18.4 Å². The van der Waals surface area contributed by atoms with Crippen LogP contribution < -0.4 is 10.6 Å². The highest BCUT2D eigenvalue weighted by Crippen LogP contribution is 2.14. The zero-order valence-electron chi connectivity index (χ0n) is 8.11. The summed E-state index contributed by atoms with van der Waals surface area (Å²) in [5.41, 5.74) is -0.0154. The molecule has 1 aromatic rings. The van der Waals surface area contributed by atoms with Crippen LogP contribution in [0.4, 0.5) is 5.13 Å². The summed E-state index contributed by atoms with van der Waals surface area (Å²) in [4.78, 5) is 25.3. The molecule has 0 saturated heterocycles. The van der Waals surface area contributed by atoms with E-state index in [1.807, 2.05) is 6.92 Å². The van der Waals surface area contributed by atoms with Gasteiger partial charge in [0.2, 0.25) is 5.91 Å². The van der Waals surface area contributed by atoms with E-state index in [4.69, 9.17) is 5.11 Å². The van der Waals surface area contributed by atoms with E-state index in [0.29, 0.717) is 11.7 Å². The van der Waals surface area contributed by atoms with E-state index < -0.39 is 5.97 Å². The van der Waals surface area contributed by atoms with Crippen molar-refractivity contribution in [2.24, 2.45) is 0 Å². The van der Waals surface area contributed by atoms with Crippen LogP contribution in [0.15, 0.2) is 5.38 Å². The molecule has 0 unspecified atom stereocenters. The van der Waals surface area contributed by atoms with E-state index in [9.17, 15) is 9.59 Å². The van der Waals surface area contributed by atoms with Gasteiger partial charge in [-0.05, 0) is 6.92 Å². The van der Waals surface area contributed by atoms with Crippen LogP contribution in [0.5, 0.6) is 0 Å². The molecule has 3 N–H and O–H groups in total. The van der Waals surface area contributed by atoms with Crippen LogP contribution in [0.3, 0.4) is 0 Å². The summed E-state index contributed by atoms with van der Waals surface area (Å²) in [6, 6.07) is 0. The van der Waals surface area contributed by atoms with Gasteiger partial charge >= 0.3 is 5.97 Å². The number of carbonyl (C=O) groups is 2. The first kappa shape index (κ1) is 11.4. The molecule has 1 aromatic heterocycles. The third-order valence-corrected chi connectivity index (χ3v) is 2.30. The van der Waals surface area contributed by atoms with E-state index in [0.717, 1.165) is 11.3 Å². The minimum absolute atomic E-state index is 0.0154. The van der Waals surface area contributed by atoms with Gasteiger partial charge < -0.3 is 15.7 Å². The van der Waals surface area contributed by atoms with Gasteiger partial charge in [0.05, 0.1) is 6.54 Å². The highest BCUT2D eigenvalue weighted by atomic mass is 32.1. The topological polar surface area (TPSA) is 91.3 Å². The summed E-state index contributed by atoms with van der Waals surface area (Å²) in [5.74, 6) is -1.22. The number of carbonyl (C=O) groups excluding carboxylic acids is 1.